The van der Waals surface area contributed by atoms with E-state index in [1.807, 2.05) is 9.80 Å². The number of carbonyl (C=O) groups is 5. The summed E-state index contributed by atoms with van der Waals surface area (Å²) >= 11 is 12.4. The first-order chi connectivity index (χ1) is 20.9. The van der Waals surface area contributed by atoms with Crippen LogP contribution in [-0.4, -0.2) is 78.1 Å². The van der Waals surface area contributed by atoms with Crippen molar-refractivity contribution in [3.63, 3.8) is 0 Å². The first kappa shape index (κ1) is 33.2. The Bertz CT molecular complexity index is 1430. The monoisotopic (exact) mass is 644 g/mol. The molecule has 2 unspecified atom stereocenters. The van der Waals surface area contributed by atoms with Crippen molar-refractivity contribution >= 4 is 64.1 Å². The van der Waals surface area contributed by atoms with Gasteiger partial charge in [-0.25, -0.2) is 0 Å². The maximum Gasteiger partial charge on any atom is 0.253 e. The van der Waals surface area contributed by atoms with E-state index >= 15 is 0 Å². The van der Waals surface area contributed by atoms with Crippen molar-refractivity contribution in [3.8, 4) is 0 Å². The second-order valence-corrected chi connectivity index (χ2v) is 12.3. The quantitative estimate of drug-likeness (QED) is 0.326. The molecule has 5 N–H and O–H groups in total. The fourth-order valence-electron chi connectivity index (χ4n) is 5.57. The number of primary amides is 1. The molecule has 5 amide bonds. The van der Waals surface area contributed by atoms with Crippen LogP contribution in [0.2, 0.25) is 10.0 Å². The molecular weight excluding hydrogens is 607 g/mol. The SMILES string of the molecule is CC1CCCN(C(=O)c2ccc(Cl)c(NC(=O)C(C)N3CCC(C(=O)NCC(=O)Nc4ccc(C(N)=O)c(Cl)c4)CC3)c2)C1. The number of piperidine rings is 2. The van der Waals surface area contributed by atoms with Gasteiger partial charge in [-0.15, -0.1) is 0 Å². The van der Waals surface area contributed by atoms with E-state index in [9.17, 15) is 24.0 Å². The molecule has 2 aromatic carbocycles. The first-order valence-corrected chi connectivity index (χ1v) is 15.5. The third kappa shape index (κ3) is 8.49. The number of rotatable bonds is 9. The highest BCUT2D eigenvalue weighted by Crippen LogP contribution is 2.27. The van der Waals surface area contributed by atoms with E-state index in [1.54, 1.807) is 25.1 Å². The molecule has 236 valence electrons. The molecule has 13 heteroatoms. The van der Waals surface area contributed by atoms with Gasteiger partial charge < -0.3 is 26.6 Å². The summed E-state index contributed by atoms with van der Waals surface area (Å²) in [6.07, 6.45) is 3.12. The Morgan fingerprint density at radius 2 is 1.68 bits per heavy atom. The summed E-state index contributed by atoms with van der Waals surface area (Å²) in [7, 11) is 0. The molecular formula is C31H38Cl2N6O5. The molecule has 2 heterocycles. The second-order valence-electron chi connectivity index (χ2n) is 11.5. The van der Waals surface area contributed by atoms with Gasteiger partial charge in [0.05, 0.1) is 33.9 Å². The predicted octanol–water partition coefficient (Wildman–Crippen LogP) is 3.76. The van der Waals surface area contributed by atoms with E-state index in [4.69, 9.17) is 28.9 Å². The summed E-state index contributed by atoms with van der Waals surface area (Å²) in [5, 5.41) is 8.62. The molecule has 44 heavy (non-hydrogen) atoms. The number of amides is 5. The number of benzene rings is 2. The van der Waals surface area contributed by atoms with Gasteiger partial charge in [0.1, 0.15) is 0 Å². The molecule has 0 radical (unpaired) electrons. The number of carbonyl (C=O) groups excluding carboxylic acids is 5. The molecule has 0 aromatic heterocycles. The lowest BCUT2D eigenvalue weighted by atomic mass is 9.95. The smallest absolute Gasteiger partial charge is 0.253 e. The van der Waals surface area contributed by atoms with Crippen LogP contribution in [0, 0.1) is 11.8 Å². The number of halogens is 2. The highest BCUT2D eigenvalue weighted by molar-refractivity contribution is 6.34. The van der Waals surface area contributed by atoms with E-state index in [2.05, 4.69) is 22.9 Å². The lowest BCUT2D eigenvalue weighted by molar-refractivity contribution is -0.129. The number of anilines is 2. The van der Waals surface area contributed by atoms with Gasteiger partial charge >= 0.3 is 0 Å². The van der Waals surface area contributed by atoms with Crippen molar-refractivity contribution in [2.24, 2.45) is 17.6 Å². The van der Waals surface area contributed by atoms with Crippen LogP contribution in [0.15, 0.2) is 36.4 Å². The lowest BCUT2D eigenvalue weighted by Gasteiger charge is -2.34. The average molecular weight is 646 g/mol. The number of nitrogens with two attached hydrogens (primary N) is 1. The molecule has 0 saturated carbocycles. The van der Waals surface area contributed by atoms with E-state index < -0.39 is 17.9 Å². The van der Waals surface area contributed by atoms with Crippen molar-refractivity contribution in [3.05, 3.63) is 57.6 Å². The molecule has 0 spiro atoms. The third-order valence-electron chi connectivity index (χ3n) is 8.18. The van der Waals surface area contributed by atoms with Crippen LogP contribution < -0.4 is 21.7 Å². The zero-order valence-electron chi connectivity index (χ0n) is 24.8. The van der Waals surface area contributed by atoms with Crippen molar-refractivity contribution in [1.29, 1.82) is 0 Å². The molecule has 2 aliphatic heterocycles. The van der Waals surface area contributed by atoms with Gasteiger partial charge in [-0.1, -0.05) is 30.1 Å². The summed E-state index contributed by atoms with van der Waals surface area (Å²) in [6, 6.07) is 8.77. The molecule has 2 saturated heterocycles. The predicted molar refractivity (Wildman–Crippen MR) is 170 cm³/mol. The Labute approximate surface area is 266 Å². The van der Waals surface area contributed by atoms with E-state index in [-0.39, 0.29) is 40.8 Å². The normalized spacial score (nSPS) is 18.3. The Hall–Kier alpha value is -3.67. The minimum absolute atomic E-state index is 0.0714. The van der Waals surface area contributed by atoms with Crippen molar-refractivity contribution < 1.29 is 24.0 Å². The fraction of sp³-hybridized carbons (Fsp3) is 0.452. The zero-order chi connectivity index (χ0) is 32.0. The van der Waals surface area contributed by atoms with Gasteiger partial charge in [-0.2, -0.15) is 0 Å². The number of nitrogens with one attached hydrogen (secondary N) is 3. The fourth-order valence-corrected chi connectivity index (χ4v) is 6.01. The number of hydrogen-bond donors (Lipinski definition) is 4. The molecule has 2 atom stereocenters. The maximum absolute atomic E-state index is 13.1. The number of nitrogens with zero attached hydrogens (tertiary/aromatic N) is 2. The van der Waals surface area contributed by atoms with Crippen LogP contribution in [-0.2, 0) is 14.4 Å². The maximum atomic E-state index is 13.1. The van der Waals surface area contributed by atoms with Gasteiger partial charge in [0, 0.05) is 30.3 Å². The summed E-state index contributed by atoms with van der Waals surface area (Å²) in [6.45, 7) is 6.16. The first-order valence-electron chi connectivity index (χ1n) is 14.7. The topological polar surface area (TPSA) is 154 Å². The van der Waals surface area contributed by atoms with Crippen LogP contribution in [0.1, 0.15) is 60.2 Å². The summed E-state index contributed by atoms with van der Waals surface area (Å²) < 4.78 is 0. The zero-order valence-corrected chi connectivity index (χ0v) is 26.3. The molecule has 4 rings (SSSR count). The molecule has 11 nitrogen and oxygen atoms in total. The highest BCUT2D eigenvalue weighted by atomic mass is 35.5. The van der Waals surface area contributed by atoms with Crippen molar-refractivity contribution in [1.82, 2.24) is 15.1 Å². The summed E-state index contributed by atoms with van der Waals surface area (Å²) in [5.74, 6) is -1.53. The Morgan fingerprint density at radius 3 is 2.34 bits per heavy atom. The van der Waals surface area contributed by atoms with Crippen molar-refractivity contribution in [2.75, 3.05) is 43.4 Å². The lowest BCUT2D eigenvalue weighted by Crippen LogP contribution is -2.48. The van der Waals surface area contributed by atoms with Gasteiger partial charge in [0.15, 0.2) is 0 Å². The van der Waals surface area contributed by atoms with Crippen LogP contribution in [0.4, 0.5) is 11.4 Å². The van der Waals surface area contributed by atoms with Crippen molar-refractivity contribution in [2.45, 2.75) is 45.6 Å². The molecule has 0 aliphatic carbocycles. The second kappa shape index (κ2) is 14.9. The van der Waals surface area contributed by atoms with Gasteiger partial charge in [-0.05, 0) is 88.0 Å². The Morgan fingerprint density at radius 1 is 0.955 bits per heavy atom. The van der Waals surface area contributed by atoms with Crippen LogP contribution in [0.25, 0.3) is 0 Å². The minimum Gasteiger partial charge on any atom is -0.366 e. The standard InChI is InChI=1S/C31H38Cl2N6O5/c1-18-4-3-11-39(17-18)31(44)21-5-8-24(32)26(14-21)37-29(42)19(2)38-12-9-20(10-13-38)30(43)35-16-27(40)36-22-6-7-23(28(34)41)25(33)15-22/h5-8,14-15,18-20H,3-4,9-13,16-17H2,1-2H3,(H2,34,41)(H,35,43)(H,36,40)(H,37,42). The molecule has 2 aliphatic rings. The van der Waals surface area contributed by atoms with Crippen LogP contribution in [0.3, 0.4) is 0 Å². The third-order valence-corrected chi connectivity index (χ3v) is 8.83. The minimum atomic E-state index is -0.675. The summed E-state index contributed by atoms with van der Waals surface area (Å²) in [4.78, 5) is 66.4. The highest BCUT2D eigenvalue weighted by Gasteiger charge is 2.30. The number of hydrogen-bond acceptors (Lipinski definition) is 6. The Kier molecular flexibility index (Phi) is 11.2. The van der Waals surface area contributed by atoms with E-state index in [0.717, 1.165) is 19.4 Å². The van der Waals surface area contributed by atoms with Crippen LogP contribution in [0.5, 0.6) is 0 Å². The molecule has 2 fully saturated rings. The molecule has 2 aromatic rings. The van der Waals surface area contributed by atoms with Gasteiger partial charge in [-0.3, -0.25) is 28.9 Å². The van der Waals surface area contributed by atoms with E-state index in [1.165, 1.54) is 18.2 Å². The van der Waals surface area contributed by atoms with Crippen LogP contribution >= 0.6 is 23.2 Å². The van der Waals surface area contributed by atoms with Gasteiger partial charge in [0.2, 0.25) is 23.6 Å². The number of likely N-dealkylation sites (tertiary alicyclic amines) is 2. The van der Waals surface area contributed by atoms with E-state index in [0.29, 0.717) is 60.4 Å². The summed E-state index contributed by atoms with van der Waals surface area (Å²) in [5.41, 5.74) is 6.62. The van der Waals surface area contributed by atoms with Gasteiger partial charge in [0.25, 0.3) is 5.91 Å². The largest absolute Gasteiger partial charge is 0.366 e. The Balaban J connectivity index is 1.23. The molecule has 0 bridgehead atoms. The average Bonchev–Trinajstić information content (AvgIpc) is 3.00.